The summed E-state index contributed by atoms with van der Waals surface area (Å²) in [5.41, 5.74) is 5.84. The van der Waals surface area contributed by atoms with Crippen LogP contribution in [0.3, 0.4) is 0 Å². The van der Waals surface area contributed by atoms with Crippen molar-refractivity contribution in [3.05, 3.63) is 0 Å². The van der Waals surface area contributed by atoms with E-state index in [2.05, 4.69) is 24.7 Å². The van der Waals surface area contributed by atoms with Crippen molar-refractivity contribution < 1.29 is 9.90 Å². The first-order chi connectivity index (χ1) is 13.7. The Morgan fingerprint density at radius 3 is 1.71 bits per heavy atom. The summed E-state index contributed by atoms with van der Waals surface area (Å²) < 4.78 is 0. The van der Waals surface area contributed by atoms with Crippen LogP contribution in [-0.2, 0) is 4.79 Å². The van der Waals surface area contributed by atoms with E-state index in [9.17, 15) is 9.90 Å². The highest BCUT2D eigenvalue weighted by atomic mass is 16.3. The molecule has 0 saturated heterocycles. The van der Waals surface area contributed by atoms with E-state index < -0.39 is 0 Å². The van der Waals surface area contributed by atoms with Gasteiger partial charge in [0.25, 0.3) is 0 Å². The SMILES string of the molecule is CCCCCCNNC(=O)CCCCCCCCCC[C@H](O)CCCCCC. The van der Waals surface area contributed by atoms with Gasteiger partial charge < -0.3 is 5.11 Å². The lowest BCUT2D eigenvalue weighted by atomic mass is 10.0. The Morgan fingerprint density at radius 1 is 0.679 bits per heavy atom. The van der Waals surface area contributed by atoms with Crippen LogP contribution in [0.15, 0.2) is 0 Å². The standard InChI is InChI=1S/C24H50N2O2/c1-3-5-7-15-19-23(27)20-16-13-11-9-10-12-14-17-21-24(28)26-25-22-18-8-6-4-2/h23,25,27H,3-22H2,1-2H3,(H,26,28)/t23-/m1/s1. The number of hydrogen-bond donors (Lipinski definition) is 3. The summed E-state index contributed by atoms with van der Waals surface area (Å²) in [6.07, 6.45) is 22.1. The monoisotopic (exact) mass is 398 g/mol. The first-order valence-corrected chi connectivity index (χ1v) is 12.4. The topological polar surface area (TPSA) is 61.4 Å². The number of aliphatic hydroxyl groups is 1. The number of aliphatic hydroxyl groups excluding tert-OH is 1. The van der Waals surface area contributed by atoms with E-state index in [4.69, 9.17) is 0 Å². The van der Waals surface area contributed by atoms with Crippen LogP contribution < -0.4 is 10.9 Å². The third kappa shape index (κ3) is 21.7. The maximum absolute atomic E-state index is 11.7. The smallest absolute Gasteiger partial charge is 0.234 e. The molecule has 0 unspecified atom stereocenters. The summed E-state index contributed by atoms with van der Waals surface area (Å²) in [5, 5.41) is 9.96. The predicted molar refractivity (Wildman–Crippen MR) is 121 cm³/mol. The third-order valence-corrected chi connectivity index (χ3v) is 5.47. The molecule has 0 fully saturated rings. The molecule has 168 valence electrons. The van der Waals surface area contributed by atoms with Gasteiger partial charge >= 0.3 is 0 Å². The lowest BCUT2D eigenvalue weighted by Crippen LogP contribution is -2.37. The zero-order chi connectivity index (χ0) is 20.7. The minimum atomic E-state index is -0.0752. The molecule has 0 saturated carbocycles. The van der Waals surface area contributed by atoms with Crippen molar-refractivity contribution in [1.82, 2.24) is 10.9 Å². The van der Waals surface area contributed by atoms with Gasteiger partial charge in [-0.1, -0.05) is 104 Å². The third-order valence-electron chi connectivity index (χ3n) is 5.47. The Morgan fingerprint density at radius 2 is 1.14 bits per heavy atom. The minimum Gasteiger partial charge on any atom is -0.393 e. The van der Waals surface area contributed by atoms with E-state index in [1.165, 1.54) is 83.5 Å². The number of rotatable bonds is 22. The van der Waals surface area contributed by atoms with Crippen LogP contribution in [0.4, 0.5) is 0 Å². The maximum Gasteiger partial charge on any atom is 0.234 e. The summed E-state index contributed by atoms with van der Waals surface area (Å²) in [6, 6.07) is 0. The van der Waals surface area contributed by atoms with Crippen molar-refractivity contribution >= 4 is 5.91 Å². The molecule has 4 heteroatoms. The summed E-state index contributed by atoms with van der Waals surface area (Å²) in [4.78, 5) is 11.7. The molecule has 1 amide bonds. The fourth-order valence-corrected chi connectivity index (χ4v) is 3.54. The Balaban J connectivity index is 3.21. The molecule has 0 aromatic rings. The Bertz CT molecular complexity index is 324. The second kappa shape index (κ2) is 22.7. The highest BCUT2D eigenvalue weighted by Crippen LogP contribution is 2.14. The van der Waals surface area contributed by atoms with Gasteiger partial charge in [0.15, 0.2) is 0 Å². The molecule has 0 aliphatic rings. The molecule has 0 aliphatic heterocycles. The number of hydrogen-bond acceptors (Lipinski definition) is 3. The average Bonchev–Trinajstić information content (AvgIpc) is 2.69. The zero-order valence-corrected chi connectivity index (χ0v) is 19.1. The molecule has 1 atom stereocenters. The van der Waals surface area contributed by atoms with Crippen LogP contribution in [0.2, 0.25) is 0 Å². The molecule has 4 nitrogen and oxygen atoms in total. The highest BCUT2D eigenvalue weighted by molar-refractivity contribution is 5.75. The number of unbranched alkanes of at least 4 members (excludes halogenated alkanes) is 13. The van der Waals surface area contributed by atoms with E-state index in [0.717, 1.165) is 38.6 Å². The normalized spacial score (nSPS) is 12.2. The van der Waals surface area contributed by atoms with E-state index in [1.807, 2.05) is 0 Å². The van der Waals surface area contributed by atoms with Crippen molar-refractivity contribution in [2.24, 2.45) is 0 Å². The average molecular weight is 399 g/mol. The van der Waals surface area contributed by atoms with Crippen LogP contribution in [0.5, 0.6) is 0 Å². The van der Waals surface area contributed by atoms with E-state index in [0.29, 0.717) is 6.42 Å². The number of carbonyl (C=O) groups excluding carboxylic acids is 1. The van der Waals surface area contributed by atoms with Gasteiger partial charge in [-0.2, -0.15) is 0 Å². The van der Waals surface area contributed by atoms with E-state index in [-0.39, 0.29) is 12.0 Å². The van der Waals surface area contributed by atoms with Crippen LogP contribution in [0.1, 0.15) is 136 Å². The molecule has 0 spiro atoms. The van der Waals surface area contributed by atoms with Crippen LogP contribution >= 0.6 is 0 Å². The number of nitrogens with one attached hydrogen (secondary N) is 2. The minimum absolute atomic E-state index is 0.0752. The molecular weight excluding hydrogens is 348 g/mol. The van der Waals surface area contributed by atoms with Gasteiger partial charge in [0, 0.05) is 13.0 Å². The number of hydrazine groups is 1. The van der Waals surface area contributed by atoms with Gasteiger partial charge in [-0.05, 0) is 25.7 Å². The fraction of sp³-hybridized carbons (Fsp3) is 0.958. The van der Waals surface area contributed by atoms with Gasteiger partial charge in [-0.25, -0.2) is 5.43 Å². The van der Waals surface area contributed by atoms with Crippen LogP contribution in [-0.4, -0.2) is 23.7 Å². The van der Waals surface area contributed by atoms with Crippen molar-refractivity contribution in [2.75, 3.05) is 6.54 Å². The van der Waals surface area contributed by atoms with Gasteiger partial charge in [-0.3, -0.25) is 10.2 Å². The zero-order valence-electron chi connectivity index (χ0n) is 19.1. The van der Waals surface area contributed by atoms with E-state index >= 15 is 0 Å². The molecule has 0 bridgehead atoms. The first kappa shape index (κ1) is 27.4. The van der Waals surface area contributed by atoms with Gasteiger partial charge in [0.1, 0.15) is 0 Å². The molecule has 0 rings (SSSR count). The first-order valence-electron chi connectivity index (χ1n) is 12.4. The highest BCUT2D eigenvalue weighted by Gasteiger charge is 2.03. The van der Waals surface area contributed by atoms with Gasteiger partial charge in [0.05, 0.1) is 6.10 Å². The summed E-state index contributed by atoms with van der Waals surface area (Å²) in [6.45, 7) is 5.31. The summed E-state index contributed by atoms with van der Waals surface area (Å²) in [5.74, 6) is 0.128. The van der Waals surface area contributed by atoms with Crippen LogP contribution in [0, 0.1) is 0 Å². The van der Waals surface area contributed by atoms with Crippen molar-refractivity contribution in [3.63, 3.8) is 0 Å². The Labute approximate surface area is 175 Å². The summed E-state index contributed by atoms with van der Waals surface area (Å²) in [7, 11) is 0. The summed E-state index contributed by atoms with van der Waals surface area (Å²) >= 11 is 0. The lowest BCUT2D eigenvalue weighted by molar-refractivity contribution is -0.122. The fourth-order valence-electron chi connectivity index (χ4n) is 3.54. The molecule has 0 aliphatic carbocycles. The molecule has 0 aromatic carbocycles. The quantitative estimate of drug-likeness (QED) is 0.146. The van der Waals surface area contributed by atoms with Crippen molar-refractivity contribution in [1.29, 1.82) is 0 Å². The lowest BCUT2D eigenvalue weighted by Gasteiger charge is -2.10. The maximum atomic E-state index is 11.7. The molecule has 0 heterocycles. The van der Waals surface area contributed by atoms with Gasteiger partial charge in [0.2, 0.25) is 5.91 Å². The second-order valence-corrected chi connectivity index (χ2v) is 8.41. The molecule has 0 aromatic heterocycles. The number of carbonyl (C=O) groups is 1. The Hall–Kier alpha value is -0.610. The van der Waals surface area contributed by atoms with Gasteiger partial charge in [-0.15, -0.1) is 0 Å². The molecular formula is C24H50N2O2. The number of amides is 1. The van der Waals surface area contributed by atoms with Crippen molar-refractivity contribution in [2.45, 2.75) is 142 Å². The van der Waals surface area contributed by atoms with Crippen LogP contribution in [0.25, 0.3) is 0 Å². The van der Waals surface area contributed by atoms with E-state index in [1.54, 1.807) is 0 Å². The molecule has 0 radical (unpaired) electrons. The molecule has 3 N–H and O–H groups in total. The largest absolute Gasteiger partial charge is 0.393 e. The Kier molecular flexibility index (Phi) is 22.2. The second-order valence-electron chi connectivity index (χ2n) is 8.41. The predicted octanol–water partition coefficient (Wildman–Crippen LogP) is 6.42. The van der Waals surface area contributed by atoms with Crippen molar-refractivity contribution in [3.8, 4) is 0 Å². The molecule has 28 heavy (non-hydrogen) atoms.